The van der Waals surface area contributed by atoms with Crippen LogP contribution >= 0.6 is 0 Å². The molecule has 1 saturated heterocycles. The van der Waals surface area contributed by atoms with Crippen LogP contribution in [0.3, 0.4) is 0 Å². The number of anilines is 1. The molecule has 198 valence electrons. The van der Waals surface area contributed by atoms with Gasteiger partial charge in [-0.2, -0.15) is 0 Å². The number of hydrogen-bond acceptors (Lipinski definition) is 8. The maximum atomic E-state index is 13.6. The third-order valence-corrected chi connectivity index (χ3v) is 8.57. The molecule has 3 aromatic rings. The summed E-state index contributed by atoms with van der Waals surface area (Å²) >= 11 is 0. The molecule has 1 unspecified atom stereocenters. The predicted octanol–water partition coefficient (Wildman–Crippen LogP) is 3.24. The Kier molecular flexibility index (Phi) is 8.37. The van der Waals surface area contributed by atoms with Gasteiger partial charge in [-0.25, -0.2) is 13.2 Å². The normalized spacial score (nSPS) is 15.1. The molecule has 1 aliphatic heterocycles. The Morgan fingerprint density at radius 3 is 2.24 bits per heavy atom. The van der Waals surface area contributed by atoms with Crippen molar-refractivity contribution in [1.82, 2.24) is 0 Å². The number of hydrogen-bond donors (Lipinski definition) is 1. The summed E-state index contributed by atoms with van der Waals surface area (Å²) in [4.78, 5) is 12.4. The van der Waals surface area contributed by atoms with E-state index in [1.165, 1.54) is 12.1 Å². The van der Waals surface area contributed by atoms with E-state index in [1.807, 2.05) is 48.5 Å². The fraction of sp³-hybridized carbons (Fsp3) is 0.276. The van der Waals surface area contributed by atoms with Gasteiger partial charge in [0.05, 0.1) is 38.7 Å². The zero-order chi connectivity index (χ0) is 27.2. The molecule has 1 fully saturated rings. The molecule has 0 spiro atoms. The Morgan fingerprint density at radius 1 is 1.00 bits per heavy atom. The van der Waals surface area contributed by atoms with Gasteiger partial charge in [0.15, 0.2) is 0 Å². The SMILES string of the molecule is COC(=O)C(N)(CC#Cc1cccc(N2CCOCC2)c1)S(=O)(=O)c1ccc(-c2ccc(OC)cc2)cc1. The average Bonchev–Trinajstić information content (AvgIpc) is 2.97. The molecule has 1 heterocycles. The molecule has 9 heteroatoms. The largest absolute Gasteiger partial charge is 0.497 e. The second kappa shape index (κ2) is 11.7. The van der Waals surface area contributed by atoms with E-state index in [4.69, 9.17) is 19.9 Å². The van der Waals surface area contributed by atoms with Gasteiger partial charge in [0.1, 0.15) is 5.75 Å². The van der Waals surface area contributed by atoms with Crippen LogP contribution in [-0.2, 0) is 24.1 Å². The van der Waals surface area contributed by atoms with Crippen molar-refractivity contribution in [1.29, 1.82) is 0 Å². The van der Waals surface area contributed by atoms with E-state index in [0.29, 0.717) is 24.5 Å². The minimum Gasteiger partial charge on any atom is -0.497 e. The number of ether oxygens (including phenoxy) is 3. The molecule has 0 saturated carbocycles. The lowest BCUT2D eigenvalue weighted by atomic mass is 10.1. The van der Waals surface area contributed by atoms with E-state index in [1.54, 1.807) is 19.2 Å². The van der Waals surface area contributed by atoms with Gasteiger partial charge in [-0.1, -0.05) is 42.2 Å². The van der Waals surface area contributed by atoms with Crippen molar-refractivity contribution in [3.63, 3.8) is 0 Å². The second-order valence-electron chi connectivity index (χ2n) is 8.77. The molecule has 0 bridgehead atoms. The quantitative estimate of drug-likeness (QED) is 0.364. The van der Waals surface area contributed by atoms with Crippen molar-refractivity contribution in [2.24, 2.45) is 5.73 Å². The topological polar surface area (TPSA) is 108 Å². The fourth-order valence-electron chi connectivity index (χ4n) is 4.15. The lowest BCUT2D eigenvalue weighted by Gasteiger charge is -2.28. The average molecular weight is 535 g/mol. The van der Waals surface area contributed by atoms with Gasteiger partial charge in [0.25, 0.3) is 0 Å². The highest BCUT2D eigenvalue weighted by Crippen LogP contribution is 2.29. The third kappa shape index (κ3) is 5.68. The summed E-state index contributed by atoms with van der Waals surface area (Å²) in [5.74, 6) is 5.39. The minimum atomic E-state index is -4.34. The van der Waals surface area contributed by atoms with Crippen molar-refractivity contribution >= 4 is 21.5 Å². The van der Waals surface area contributed by atoms with Crippen LogP contribution in [0.5, 0.6) is 5.75 Å². The van der Waals surface area contributed by atoms with E-state index < -0.39 is 27.1 Å². The number of morpholine rings is 1. The van der Waals surface area contributed by atoms with Crippen LogP contribution < -0.4 is 15.4 Å². The Balaban J connectivity index is 1.57. The first-order valence-corrected chi connectivity index (χ1v) is 13.5. The highest BCUT2D eigenvalue weighted by Gasteiger charge is 2.49. The second-order valence-corrected chi connectivity index (χ2v) is 11.0. The molecule has 0 aliphatic carbocycles. The van der Waals surface area contributed by atoms with Gasteiger partial charge < -0.3 is 24.8 Å². The molecule has 38 heavy (non-hydrogen) atoms. The Hall–Kier alpha value is -3.84. The first kappa shape index (κ1) is 27.2. The summed E-state index contributed by atoms with van der Waals surface area (Å²) in [5.41, 5.74) is 9.61. The van der Waals surface area contributed by atoms with Gasteiger partial charge in [-0.15, -0.1) is 0 Å². The molecule has 1 aliphatic rings. The summed E-state index contributed by atoms with van der Waals surface area (Å²) in [7, 11) is -1.65. The molecule has 2 N–H and O–H groups in total. The summed E-state index contributed by atoms with van der Waals surface area (Å²) < 4.78 is 42.5. The summed E-state index contributed by atoms with van der Waals surface area (Å²) in [6, 6.07) is 21.2. The van der Waals surface area contributed by atoms with Crippen LogP contribution in [0.4, 0.5) is 5.69 Å². The Labute approximate surface area is 223 Å². The number of carbonyl (C=O) groups excluding carboxylic acids is 1. The van der Waals surface area contributed by atoms with E-state index in [9.17, 15) is 13.2 Å². The van der Waals surface area contributed by atoms with Crippen LogP contribution in [0.15, 0.2) is 77.7 Å². The van der Waals surface area contributed by atoms with Crippen molar-refractivity contribution in [2.45, 2.75) is 16.2 Å². The molecule has 1 atom stereocenters. The number of sulfone groups is 1. The summed E-state index contributed by atoms with van der Waals surface area (Å²) in [6.07, 6.45) is -0.440. The van der Waals surface area contributed by atoms with Crippen LogP contribution in [0.2, 0.25) is 0 Å². The number of benzene rings is 3. The summed E-state index contributed by atoms with van der Waals surface area (Å²) in [6.45, 7) is 2.87. The molecule has 0 amide bonds. The first-order valence-electron chi connectivity index (χ1n) is 12.1. The molecule has 8 nitrogen and oxygen atoms in total. The van der Waals surface area contributed by atoms with E-state index in [0.717, 1.165) is 37.0 Å². The van der Waals surface area contributed by atoms with E-state index >= 15 is 0 Å². The number of esters is 1. The Morgan fingerprint density at radius 2 is 1.63 bits per heavy atom. The monoisotopic (exact) mass is 534 g/mol. The molecule has 3 aromatic carbocycles. The lowest BCUT2D eigenvalue weighted by molar-refractivity contribution is -0.143. The van der Waals surface area contributed by atoms with Crippen LogP contribution in [-0.4, -0.2) is 59.8 Å². The van der Waals surface area contributed by atoms with Gasteiger partial charge in [0.2, 0.25) is 14.7 Å². The zero-order valence-corrected chi connectivity index (χ0v) is 22.2. The maximum Gasteiger partial charge on any atom is 0.343 e. The predicted molar refractivity (Wildman–Crippen MR) is 146 cm³/mol. The highest BCUT2D eigenvalue weighted by atomic mass is 32.2. The van der Waals surface area contributed by atoms with Gasteiger partial charge >= 0.3 is 5.97 Å². The molecule has 4 rings (SSSR count). The van der Waals surface area contributed by atoms with Crippen molar-refractivity contribution in [3.05, 3.63) is 78.4 Å². The number of nitrogens with zero attached hydrogens (tertiary/aromatic N) is 1. The maximum absolute atomic E-state index is 13.6. The summed E-state index contributed by atoms with van der Waals surface area (Å²) in [5, 5.41) is 0. The zero-order valence-electron chi connectivity index (χ0n) is 21.3. The van der Waals surface area contributed by atoms with Crippen molar-refractivity contribution < 1.29 is 27.4 Å². The number of carbonyl (C=O) groups is 1. The van der Waals surface area contributed by atoms with Crippen molar-refractivity contribution in [3.8, 4) is 28.7 Å². The minimum absolute atomic E-state index is 0.0984. The van der Waals surface area contributed by atoms with E-state index in [2.05, 4.69) is 16.7 Å². The third-order valence-electron chi connectivity index (χ3n) is 6.40. The Bertz CT molecular complexity index is 1440. The first-order chi connectivity index (χ1) is 18.3. The molecule has 0 radical (unpaired) electrons. The number of rotatable bonds is 7. The molecular weight excluding hydrogens is 504 g/mol. The van der Waals surface area contributed by atoms with Crippen LogP contribution in [0.1, 0.15) is 12.0 Å². The van der Waals surface area contributed by atoms with Gasteiger partial charge in [-0.05, 0) is 53.6 Å². The van der Waals surface area contributed by atoms with Crippen molar-refractivity contribution in [2.75, 3.05) is 45.4 Å². The number of methoxy groups -OCH3 is 2. The fourth-order valence-corrected chi connectivity index (χ4v) is 5.63. The van der Waals surface area contributed by atoms with E-state index in [-0.39, 0.29) is 4.90 Å². The smallest absolute Gasteiger partial charge is 0.343 e. The molecular formula is C29H30N2O6S. The van der Waals surface area contributed by atoms with Crippen LogP contribution in [0.25, 0.3) is 11.1 Å². The van der Waals surface area contributed by atoms with Crippen LogP contribution in [0, 0.1) is 11.8 Å². The van der Waals surface area contributed by atoms with Gasteiger partial charge in [-0.3, -0.25) is 0 Å². The standard InChI is InChI=1S/C29H30N2O6S/c1-35-26-12-8-23(9-13-26)24-10-14-27(15-11-24)38(33,34)29(30,28(32)36-2)16-4-6-22-5-3-7-25(21-22)31-17-19-37-20-18-31/h3,5,7-15,21H,16-20,30H2,1-2H3. The lowest BCUT2D eigenvalue weighted by Crippen LogP contribution is -2.55. The number of nitrogens with two attached hydrogens (primary N) is 1. The van der Waals surface area contributed by atoms with Gasteiger partial charge in [0, 0.05) is 24.3 Å². The molecule has 0 aromatic heterocycles. The highest BCUT2D eigenvalue weighted by molar-refractivity contribution is 7.93.